The van der Waals surface area contributed by atoms with Gasteiger partial charge in [0.25, 0.3) is 11.6 Å². The van der Waals surface area contributed by atoms with Crippen molar-refractivity contribution in [3.05, 3.63) is 40.5 Å². The molecule has 0 fully saturated rings. The lowest BCUT2D eigenvalue weighted by atomic mass is 10.3. The van der Waals surface area contributed by atoms with Gasteiger partial charge in [-0.15, -0.1) is 0 Å². The average molecular weight is 235 g/mol. The molecule has 8 nitrogen and oxygen atoms in total. The number of hydrogen-bond donors (Lipinski definition) is 2. The Balaban J connectivity index is 2.22. The van der Waals surface area contributed by atoms with E-state index in [4.69, 9.17) is 0 Å². The average Bonchev–Trinajstić information content (AvgIpc) is 2.86. The molecule has 0 saturated carbocycles. The van der Waals surface area contributed by atoms with Crippen LogP contribution in [0.4, 0.5) is 11.4 Å². The van der Waals surface area contributed by atoms with Gasteiger partial charge in [0.15, 0.2) is 0 Å². The fourth-order valence-electron chi connectivity index (χ4n) is 1.39. The summed E-state index contributed by atoms with van der Waals surface area (Å²) in [6.07, 6.45) is 4.23. The van der Waals surface area contributed by atoms with E-state index < -0.39 is 10.8 Å². The summed E-state index contributed by atoms with van der Waals surface area (Å²) in [6.45, 7) is 0. The van der Waals surface area contributed by atoms with Gasteiger partial charge in [-0.3, -0.25) is 20.0 Å². The molecular formula is C9H9N5O3. The molecule has 0 bridgehead atoms. The van der Waals surface area contributed by atoms with Crippen molar-refractivity contribution in [2.75, 3.05) is 5.32 Å². The Morgan fingerprint density at radius 2 is 2.41 bits per heavy atom. The summed E-state index contributed by atoms with van der Waals surface area (Å²) < 4.78 is 1.40. The number of rotatable bonds is 3. The molecule has 1 amide bonds. The van der Waals surface area contributed by atoms with Gasteiger partial charge >= 0.3 is 0 Å². The Hall–Kier alpha value is -2.64. The number of aromatic amines is 1. The largest absolute Gasteiger partial charge is 0.340 e. The van der Waals surface area contributed by atoms with Crippen molar-refractivity contribution in [1.82, 2.24) is 14.8 Å². The molecule has 0 aliphatic rings. The molecule has 0 spiro atoms. The minimum atomic E-state index is -0.547. The monoisotopic (exact) mass is 235 g/mol. The van der Waals surface area contributed by atoms with Gasteiger partial charge in [-0.05, 0) is 0 Å². The summed E-state index contributed by atoms with van der Waals surface area (Å²) in [5, 5.41) is 19.3. The second kappa shape index (κ2) is 4.08. The normalized spacial score (nSPS) is 10.2. The molecule has 8 heteroatoms. The van der Waals surface area contributed by atoms with E-state index in [1.165, 1.54) is 29.2 Å². The Morgan fingerprint density at radius 3 is 2.94 bits per heavy atom. The van der Waals surface area contributed by atoms with E-state index in [0.717, 1.165) is 0 Å². The molecule has 0 atom stereocenters. The number of H-pyrrole nitrogens is 1. The molecule has 0 saturated heterocycles. The highest BCUT2D eigenvalue weighted by Crippen LogP contribution is 2.16. The van der Waals surface area contributed by atoms with Crippen molar-refractivity contribution < 1.29 is 9.72 Å². The third-order valence-corrected chi connectivity index (χ3v) is 2.19. The zero-order valence-corrected chi connectivity index (χ0v) is 8.88. The van der Waals surface area contributed by atoms with Gasteiger partial charge in [0, 0.05) is 19.3 Å². The number of carbonyl (C=O) groups excluding carboxylic acids is 1. The summed E-state index contributed by atoms with van der Waals surface area (Å²) in [6, 6.07) is 1.22. The number of hydrogen-bond acceptors (Lipinski definition) is 4. The van der Waals surface area contributed by atoms with E-state index in [1.54, 1.807) is 7.05 Å². The van der Waals surface area contributed by atoms with Gasteiger partial charge < -0.3 is 9.88 Å². The van der Waals surface area contributed by atoms with E-state index >= 15 is 0 Å². The number of aromatic nitrogens is 3. The topological polar surface area (TPSA) is 106 Å². The minimum Gasteiger partial charge on any atom is -0.340 e. The van der Waals surface area contributed by atoms with Gasteiger partial charge in [0.1, 0.15) is 5.69 Å². The molecule has 2 rings (SSSR count). The molecule has 0 radical (unpaired) electrons. The number of carbonyl (C=O) groups is 1. The fourth-order valence-corrected chi connectivity index (χ4v) is 1.39. The summed E-state index contributed by atoms with van der Waals surface area (Å²) in [5.41, 5.74) is 0.585. The summed E-state index contributed by atoms with van der Waals surface area (Å²) in [5.74, 6) is -0.429. The predicted octanol–water partition coefficient (Wildman–Crippen LogP) is 0.909. The Kier molecular flexibility index (Phi) is 2.61. The minimum absolute atomic E-state index is 0.121. The van der Waals surface area contributed by atoms with Crippen molar-refractivity contribution in [2.24, 2.45) is 7.05 Å². The smallest absolute Gasteiger partial charge is 0.287 e. The third-order valence-electron chi connectivity index (χ3n) is 2.19. The molecule has 0 aromatic carbocycles. The second-order valence-corrected chi connectivity index (χ2v) is 3.39. The van der Waals surface area contributed by atoms with Crippen LogP contribution in [0.25, 0.3) is 0 Å². The first-order valence-corrected chi connectivity index (χ1v) is 4.69. The van der Waals surface area contributed by atoms with Crippen LogP contribution in [0.2, 0.25) is 0 Å². The van der Waals surface area contributed by atoms with E-state index in [0.29, 0.717) is 5.69 Å². The quantitative estimate of drug-likeness (QED) is 0.609. The number of nitrogens with one attached hydrogen (secondary N) is 2. The van der Waals surface area contributed by atoms with E-state index in [1.807, 2.05) is 0 Å². The highest BCUT2D eigenvalue weighted by molar-refractivity contribution is 6.03. The van der Waals surface area contributed by atoms with Crippen LogP contribution >= 0.6 is 0 Å². The predicted molar refractivity (Wildman–Crippen MR) is 58.6 cm³/mol. The maximum absolute atomic E-state index is 11.8. The number of nitrogens with zero attached hydrogens (tertiary/aromatic N) is 3. The maximum atomic E-state index is 11.8. The molecule has 2 N–H and O–H groups in total. The van der Waals surface area contributed by atoms with Crippen LogP contribution in [0.1, 0.15) is 10.5 Å². The van der Waals surface area contributed by atoms with Crippen LogP contribution in [-0.2, 0) is 7.05 Å². The Labute approximate surface area is 95.4 Å². The maximum Gasteiger partial charge on any atom is 0.287 e. The lowest BCUT2D eigenvalue weighted by Gasteiger charge is -2.02. The van der Waals surface area contributed by atoms with Gasteiger partial charge in [-0.25, -0.2) is 0 Å². The molecule has 0 aliphatic carbocycles. The van der Waals surface area contributed by atoms with Gasteiger partial charge in [0.2, 0.25) is 0 Å². The molecule has 0 aliphatic heterocycles. The standard InChI is InChI=1S/C9H9N5O3/c1-13-5-7(14(16)17)2-8(13)9(15)12-6-3-10-11-4-6/h2-5H,1H3,(H,10,11)(H,12,15). The molecular weight excluding hydrogens is 226 g/mol. The SMILES string of the molecule is Cn1cc([N+](=O)[O-])cc1C(=O)Nc1cn[nH]c1. The Bertz CT molecular complexity index is 557. The zero-order valence-electron chi connectivity index (χ0n) is 8.88. The summed E-state index contributed by atoms with van der Waals surface area (Å²) in [4.78, 5) is 21.8. The number of amides is 1. The van der Waals surface area contributed by atoms with E-state index in [9.17, 15) is 14.9 Å². The first kappa shape index (κ1) is 10.9. The van der Waals surface area contributed by atoms with Crippen LogP contribution in [0.15, 0.2) is 24.7 Å². The van der Waals surface area contributed by atoms with Crippen molar-refractivity contribution in [3.63, 3.8) is 0 Å². The highest BCUT2D eigenvalue weighted by Gasteiger charge is 2.17. The van der Waals surface area contributed by atoms with Crippen LogP contribution in [0, 0.1) is 10.1 Å². The molecule has 88 valence electrons. The second-order valence-electron chi connectivity index (χ2n) is 3.39. The molecule has 2 aromatic heterocycles. The third kappa shape index (κ3) is 2.14. The van der Waals surface area contributed by atoms with Gasteiger partial charge in [0.05, 0.1) is 23.0 Å². The Morgan fingerprint density at radius 1 is 1.65 bits per heavy atom. The van der Waals surface area contributed by atoms with Crippen molar-refractivity contribution in [2.45, 2.75) is 0 Å². The number of anilines is 1. The first-order chi connectivity index (χ1) is 8.08. The zero-order chi connectivity index (χ0) is 12.4. The van der Waals surface area contributed by atoms with E-state index in [-0.39, 0.29) is 11.4 Å². The van der Waals surface area contributed by atoms with E-state index in [2.05, 4.69) is 15.5 Å². The van der Waals surface area contributed by atoms with Crippen LogP contribution < -0.4 is 5.32 Å². The summed E-state index contributed by atoms with van der Waals surface area (Å²) >= 11 is 0. The van der Waals surface area contributed by atoms with Gasteiger partial charge in [-0.1, -0.05) is 0 Å². The number of aryl methyl sites for hydroxylation is 1. The molecule has 17 heavy (non-hydrogen) atoms. The van der Waals surface area contributed by atoms with Crippen LogP contribution in [-0.4, -0.2) is 25.6 Å². The van der Waals surface area contributed by atoms with Crippen LogP contribution in [0.5, 0.6) is 0 Å². The first-order valence-electron chi connectivity index (χ1n) is 4.69. The lowest BCUT2D eigenvalue weighted by molar-refractivity contribution is -0.384. The highest BCUT2D eigenvalue weighted by atomic mass is 16.6. The van der Waals surface area contributed by atoms with Crippen molar-refractivity contribution in [3.8, 4) is 0 Å². The summed E-state index contributed by atoms with van der Waals surface area (Å²) in [7, 11) is 1.57. The number of nitro groups is 1. The molecule has 2 aromatic rings. The lowest BCUT2D eigenvalue weighted by Crippen LogP contribution is -2.14. The van der Waals surface area contributed by atoms with Crippen molar-refractivity contribution in [1.29, 1.82) is 0 Å². The fraction of sp³-hybridized carbons (Fsp3) is 0.111. The van der Waals surface area contributed by atoms with Crippen LogP contribution in [0.3, 0.4) is 0 Å². The van der Waals surface area contributed by atoms with Crippen molar-refractivity contribution >= 4 is 17.3 Å². The van der Waals surface area contributed by atoms with Gasteiger partial charge in [-0.2, -0.15) is 5.10 Å². The molecule has 2 heterocycles. The molecule has 0 unspecified atom stereocenters.